The molecule has 0 fully saturated rings. The van der Waals surface area contributed by atoms with E-state index in [9.17, 15) is 9.59 Å². The molecule has 0 saturated heterocycles. The normalized spacial score (nSPS) is 11.0. The first-order valence-corrected chi connectivity index (χ1v) is 8.55. The molecule has 2 N–H and O–H groups in total. The van der Waals surface area contributed by atoms with Crippen LogP contribution >= 0.6 is 11.6 Å². The van der Waals surface area contributed by atoms with Gasteiger partial charge in [-0.25, -0.2) is 4.79 Å². The van der Waals surface area contributed by atoms with Crippen LogP contribution in [0.25, 0.3) is 28.2 Å². The average Bonchev–Trinajstić information content (AvgIpc) is 2.99. The van der Waals surface area contributed by atoms with Crippen molar-refractivity contribution in [2.75, 3.05) is 0 Å². The van der Waals surface area contributed by atoms with Crippen LogP contribution in [0.4, 0.5) is 0 Å². The highest BCUT2D eigenvalue weighted by Crippen LogP contribution is 2.30. The van der Waals surface area contributed by atoms with Gasteiger partial charge in [-0.15, -0.1) is 0 Å². The van der Waals surface area contributed by atoms with E-state index in [1.807, 2.05) is 25.1 Å². The van der Waals surface area contributed by atoms with Crippen molar-refractivity contribution in [1.29, 1.82) is 0 Å². The first-order chi connectivity index (χ1) is 13.0. The van der Waals surface area contributed by atoms with Gasteiger partial charge in [0.25, 0.3) is 5.56 Å². The second kappa shape index (κ2) is 6.41. The van der Waals surface area contributed by atoms with E-state index in [4.69, 9.17) is 16.7 Å². The summed E-state index contributed by atoms with van der Waals surface area (Å²) >= 11 is 6.28. The summed E-state index contributed by atoms with van der Waals surface area (Å²) in [6.45, 7) is 1.87. The fourth-order valence-electron chi connectivity index (χ4n) is 3.01. The summed E-state index contributed by atoms with van der Waals surface area (Å²) in [4.78, 5) is 26.8. The van der Waals surface area contributed by atoms with E-state index < -0.39 is 5.97 Å². The molecular weight excluding hydrogens is 366 g/mol. The molecule has 0 aliphatic heterocycles. The summed E-state index contributed by atoms with van der Waals surface area (Å²) in [7, 11) is 0. The Bertz CT molecular complexity index is 1240. The molecule has 0 aliphatic carbocycles. The second-order valence-electron chi connectivity index (χ2n) is 6.12. The fourth-order valence-corrected chi connectivity index (χ4v) is 3.23. The number of fused-ring (bicyclic) bond motifs is 1. The number of halogens is 1. The Morgan fingerprint density at radius 2 is 1.85 bits per heavy atom. The molecule has 0 atom stereocenters. The molecule has 4 rings (SSSR count). The molecule has 4 aromatic rings. The van der Waals surface area contributed by atoms with Gasteiger partial charge in [0.2, 0.25) is 0 Å². The van der Waals surface area contributed by atoms with E-state index >= 15 is 0 Å². The molecule has 0 unspecified atom stereocenters. The maximum atomic E-state index is 12.6. The monoisotopic (exact) mass is 379 g/mol. The summed E-state index contributed by atoms with van der Waals surface area (Å²) in [5, 5.41) is 14.0. The van der Waals surface area contributed by atoms with Gasteiger partial charge >= 0.3 is 5.97 Å². The van der Waals surface area contributed by atoms with Crippen molar-refractivity contribution in [3.8, 4) is 22.5 Å². The Kier molecular flexibility index (Phi) is 4.05. The minimum Gasteiger partial charge on any atom is -0.478 e. The number of aromatic carboxylic acids is 1. The van der Waals surface area contributed by atoms with Crippen LogP contribution in [0.5, 0.6) is 0 Å². The zero-order valence-corrected chi connectivity index (χ0v) is 15.0. The van der Waals surface area contributed by atoms with Gasteiger partial charge in [0.1, 0.15) is 5.65 Å². The van der Waals surface area contributed by atoms with Gasteiger partial charge in [-0.05, 0) is 30.7 Å². The zero-order valence-electron chi connectivity index (χ0n) is 14.2. The van der Waals surface area contributed by atoms with Crippen molar-refractivity contribution in [2.24, 2.45) is 0 Å². The van der Waals surface area contributed by atoms with E-state index in [1.165, 1.54) is 22.7 Å². The lowest BCUT2D eigenvalue weighted by molar-refractivity contribution is 0.0697. The molecule has 0 saturated carbocycles. The number of carboxylic acids is 1. The van der Waals surface area contributed by atoms with Gasteiger partial charge in [0.05, 0.1) is 22.0 Å². The topological polar surface area (TPSA) is 87.5 Å². The van der Waals surface area contributed by atoms with Crippen molar-refractivity contribution in [3.63, 3.8) is 0 Å². The quantitative estimate of drug-likeness (QED) is 0.563. The van der Waals surface area contributed by atoms with Gasteiger partial charge in [-0.3, -0.25) is 4.79 Å². The Labute approximate surface area is 158 Å². The lowest BCUT2D eigenvalue weighted by atomic mass is 10.1. The highest BCUT2D eigenvalue weighted by atomic mass is 35.5. The highest BCUT2D eigenvalue weighted by molar-refractivity contribution is 6.33. The number of benzene rings is 2. The Morgan fingerprint density at radius 3 is 2.52 bits per heavy atom. The van der Waals surface area contributed by atoms with Crippen LogP contribution in [0.2, 0.25) is 5.02 Å². The van der Waals surface area contributed by atoms with Gasteiger partial charge in [0.15, 0.2) is 0 Å². The Balaban J connectivity index is 1.89. The van der Waals surface area contributed by atoms with E-state index in [1.54, 1.807) is 18.2 Å². The summed E-state index contributed by atoms with van der Waals surface area (Å²) in [6, 6.07) is 15.1. The molecule has 134 valence electrons. The van der Waals surface area contributed by atoms with Crippen molar-refractivity contribution >= 4 is 23.2 Å². The van der Waals surface area contributed by atoms with Gasteiger partial charge < -0.3 is 10.1 Å². The Morgan fingerprint density at radius 1 is 1.15 bits per heavy atom. The van der Waals surface area contributed by atoms with Crippen LogP contribution in [0.3, 0.4) is 0 Å². The van der Waals surface area contributed by atoms with Crippen LogP contribution < -0.4 is 5.56 Å². The van der Waals surface area contributed by atoms with Crippen molar-refractivity contribution in [3.05, 3.63) is 81.1 Å². The number of nitrogens with one attached hydrogen (secondary N) is 1. The van der Waals surface area contributed by atoms with Gasteiger partial charge in [-0.1, -0.05) is 41.9 Å². The van der Waals surface area contributed by atoms with E-state index in [-0.39, 0.29) is 11.1 Å². The first-order valence-electron chi connectivity index (χ1n) is 8.17. The molecule has 2 heterocycles. The smallest absolute Gasteiger partial charge is 0.335 e. The molecule has 27 heavy (non-hydrogen) atoms. The molecule has 0 spiro atoms. The SMILES string of the molecule is Cc1c(-c2ccccc2Cl)nn2c(=O)cc(-c3ccc(C(=O)O)cc3)[nH]c12. The van der Waals surface area contributed by atoms with Crippen LogP contribution in [0.15, 0.2) is 59.4 Å². The number of carboxylic acid groups (broad SMARTS) is 1. The summed E-state index contributed by atoms with van der Waals surface area (Å²) in [5.74, 6) is -0.999. The largest absolute Gasteiger partial charge is 0.478 e. The molecule has 2 aromatic carbocycles. The summed E-state index contributed by atoms with van der Waals surface area (Å²) in [5.41, 5.74) is 3.93. The number of aromatic amines is 1. The molecule has 0 aliphatic rings. The third-order valence-electron chi connectivity index (χ3n) is 4.42. The minimum atomic E-state index is -0.999. The van der Waals surface area contributed by atoms with Crippen molar-refractivity contribution in [1.82, 2.24) is 14.6 Å². The summed E-state index contributed by atoms with van der Waals surface area (Å²) in [6.07, 6.45) is 0. The Hall–Kier alpha value is -3.38. The first kappa shape index (κ1) is 17.1. The van der Waals surface area contributed by atoms with Gasteiger partial charge in [0, 0.05) is 17.2 Å². The predicted molar refractivity (Wildman–Crippen MR) is 103 cm³/mol. The van der Waals surface area contributed by atoms with Crippen LogP contribution in [-0.2, 0) is 0 Å². The maximum Gasteiger partial charge on any atom is 0.335 e. The number of carbonyl (C=O) groups is 1. The van der Waals surface area contributed by atoms with Crippen LogP contribution in [0.1, 0.15) is 15.9 Å². The number of aromatic nitrogens is 3. The third kappa shape index (κ3) is 2.90. The van der Waals surface area contributed by atoms with Crippen molar-refractivity contribution in [2.45, 2.75) is 6.92 Å². The van der Waals surface area contributed by atoms with Crippen LogP contribution in [0, 0.1) is 6.92 Å². The third-order valence-corrected chi connectivity index (χ3v) is 4.75. The van der Waals surface area contributed by atoms with Crippen LogP contribution in [-0.4, -0.2) is 25.7 Å². The molecule has 7 heteroatoms. The number of H-pyrrole nitrogens is 1. The number of hydrogen-bond acceptors (Lipinski definition) is 3. The number of hydrogen-bond donors (Lipinski definition) is 2. The number of aryl methyl sites for hydroxylation is 1. The van der Waals surface area contributed by atoms with E-state index in [0.29, 0.717) is 27.6 Å². The standard InChI is InChI=1S/C20H14ClN3O3/c1-11-18(14-4-2-3-5-15(14)21)23-24-17(25)10-16(22-19(11)24)12-6-8-13(9-7-12)20(26)27/h2-10,22H,1H3,(H,26,27). The molecule has 0 amide bonds. The number of nitrogens with zero attached hydrogens (tertiary/aromatic N) is 2. The average molecular weight is 380 g/mol. The molecule has 0 radical (unpaired) electrons. The lowest BCUT2D eigenvalue weighted by Gasteiger charge is -2.04. The highest BCUT2D eigenvalue weighted by Gasteiger charge is 2.16. The second-order valence-corrected chi connectivity index (χ2v) is 6.52. The number of rotatable bonds is 3. The molecular formula is C20H14ClN3O3. The predicted octanol–water partition coefficient (Wildman–Crippen LogP) is 4.02. The molecule has 2 aromatic heterocycles. The molecule has 6 nitrogen and oxygen atoms in total. The maximum absolute atomic E-state index is 12.6. The molecule has 0 bridgehead atoms. The lowest BCUT2D eigenvalue weighted by Crippen LogP contribution is -2.14. The van der Waals surface area contributed by atoms with Gasteiger partial charge in [-0.2, -0.15) is 9.61 Å². The van der Waals surface area contributed by atoms with E-state index in [2.05, 4.69) is 10.1 Å². The van der Waals surface area contributed by atoms with E-state index in [0.717, 1.165) is 11.1 Å². The fraction of sp³-hybridized carbons (Fsp3) is 0.0500. The summed E-state index contributed by atoms with van der Waals surface area (Å²) < 4.78 is 1.31. The zero-order chi connectivity index (χ0) is 19.1. The van der Waals surface area contributed by atoms with Crippen molar-refractivity contribution < 1.29 is 9.90 Å². The minimum absolute atomic E-state index is 0.184.